The molecule has 2 aromatic heterocycles. The van der Waals surface area contributed by atoms with Crippen LogP contribution in [0.4, 0.5) is 5.82 Å². The summed E-state index contributed by atoms with van der Waals surface area (Å²) in [6.07, 6.45) is 8.12. The monoisotopic (exact) mass is 353 g/mol. The molecule has 4 rings (SSSR count). The Morgan fingerprint density at radius 1 is 1.12 bits per heavy atom. The fourth-order valence-electron chi connectivity index (χ4n) is 3.89. The number of anilines is 1. The van der Waals surface area contributed by atoms with Crippen LogP contribution < -0.4 is 4.90 Å². The molecule has 0 N–H and O–H groups in total. The lowest BCUT2D eigenvalue weighted by Gasteiger charge is -2.32. The number of hydrogen-bond acceptors (Lipinski definition) is 7. The van der Waals surface area contributed by atoms with Crippen LogP contribution in [0, 0.1) is 17.2 Å². The standard InChI is InChI=1S/C18H23N7O/c19-9-17-18(21-5-4-20-17)25-11-15-10-23(12-16(25)14-26-13-15)6-2-8-24-7-1-3-22-24/h1,3-5,7,15-16H,2,6,8,10-14H2/t15-,16-/m0/s1. The predicted molar refractivity (Wildman–Crippen MR) is 95.5 cm³/mol. The zero-order valence-corrected chi connectivity index (χ0v) is 14.7. The fourth-order valence-corrected chi connectivity index (χ4v) is 3.89. The molecule has 26 heavy (non-hydrogen) atoms. The maximum Gasteiger partial charge on any atom is 0.183 e. The molecule has 2 saturated heterocycles. The number of nitriles is 1. The molecule has 2 aromatic rings. The lowest BCUT2D eigenvalue weighted by atomic mass is 10.1. The SMILES string of the molecule is N#Cc1nccnc1N1C[C@H]2COC[C@@H]1CN(CCCn1cccn1)C2. The highest BCUT2D eigenvalue weighted by molar-refractivity contribution is 5.50. The van der Waals surface area contributed by atoms with E-state index in [-0.39, 0.29) is 6.04 Å². The van der Waals surface area contributed by atoms with E-state index in [0.29, 0.717) is 24.0 Å². The summed E-state index contributed by atoms with van der Waals surface area (Å²) in [5.41, 5.74) is 0.394. The van der Waals surface area contributed by atoms with Gasteiger partial charge in [-0.2, -0.15) is 10.4 Å². The number of ether oxygens (including phenoxy) is 1. The van der Waals surface area contributed by atoms with Gasteiger partial charge < -0.3 is 14.5 Å². The molecule has 0 amide bonds. The largest absolute Gasteiger partial charge is 0.379 e. The molecular weight excluding hydrogens is 330 g/mol. The molecule has 2 bridgehead atoms. The van der Waals surface area contributed by atoms with E-state index in [9.17, 15) is 5.26 Å². The lowest BCUT2D eigenvalue weighted by Crippen LogP contribution is -2.45. The number of nitrogens with zero attached hydrogens (tertiary/aromatic N) is 7. The van der Waals surface area contributed by atoms with Crippen LogP contribution in [0.1, 0.15) is 12.1 Å². The minimum atomic E-state index is 0.191. The molecule has 0 spiro atoms. The van der Waals surface area contributed by atoms with E-state index in [2.05, 4.69) is 30.9 Å². The Morgan fingerprint density at radius 3 is 2.88 bits per heavy atom. The lowest BCUT2D eigenvalue weighted by molar-refractivity contribution is 0.0642. The van der Waals surface area contributed by atoms with E-state index in [4.69, 9.17) is 4.74 Å². The van der Waals surface area contributed by atoms with E-state index in [0.717, 1.165) is 45.8 Å². The van der Waals surface area contributed by atoms with Crippen molar-refractivity contribution in [2.45, 2.75) is 19.0 Å². The first-order valence-electron chi connectivity index (χ1n) is 9.09. The van der Waals surface area contributed by atoms with Crippen molar-refractivity contribution in [1.82, 2.24) is 24.6 Å². The quantitative estimate of drug-likeness (QED) is 0.785. The van der Waals surface area contributed by atoms with E-state index in [1.54, 1.807) is 12.4 Å². The molecule has 2 fully saturated rings. The molecule has 2 atom stereocenters. The molecule has 136 valence electrons. The molecule has 0 radical (unpaired) electrons. The van der Waals surface area contributed by atoms with Crippen molar-refractivity contribution < 1.29 is 4.74 Å². The van der Waals surface area contributed by atoms with Crippen LogP contribution in [0.5, 0.6) is 0 Å². The van der Waals surface area contributed by atoms with Crippen molar-refractivity contribution in [3.8, 4) is 6.07 Å². The van der Waals surface area contributed by atoms with E-state index >= 15 is 0 Å². The van der Waals surface area contributed by atoms with Crippen LogP contribution in [-0.4, -0.2) is 70.1 Å². The van der Waals surface area contributed by atoms with Gasteiger partial charge >= 0.3 is 0 Å². The molecule has 8 heteroatoms. The van der Waals surface area contributed by atoms with Crippen LogP contribution in [0.2, 0.25) is 0 Å². The van der Waals surface area contributed by atoms with Gasteiger partial charge in [0, 0.05) is 56.9 Å². The number of hydrogen-bond donors (Lipinski definition) is 0. The summed E-state index contributed by atoms with van der Waals surface area (Å²) in [5, 5.41) is 13.7. The Balaban J connectivity index is 1.46. The van der Waals surface area contributed by atoms with Crippen LogP contribution in [0.3, 0.4) is 0 Å². The van der Waals surface area contributed by atoms with Crippen molar-refractivity contribution in [2.75, 3.05) is 44.3 Å². The first-order valence-corrected chi connectivity index (χ1v) is 9.09. The van der Waals surface area contributed by atoms with Gasteiger partial charge in [0.1, 0.15) is 6.07 Å². The molecule has 0 unspecified atom stereocenters. The van der Waals surface area contributed by atoms with Gasteiger partial charge in [-0.1, -0.05) is 0 Å². The summed E-state index contributed by atoms with van der Waals surface area (Å²) in [6.45, 7) is 6.16. The first-order chi connectivity index (χ1) is 12.8. The number of aromatic nitrogens is 4. The van der Waals surface area contributed by atoms with Crippen molar-refractivity contribution in [2.24, 2.45) is 5.92 Å². The summed E-state index contributed by atoms with van der Waals surface area (Å²) >= 11 is 0. The number of rotatable bonds is 5. The van der Waals surface area contributed by atoms with Gasteiger partial charge in [-0.3, -0.25) is 4.68 Å². The minimum absolute atomic E-state index is 0.191. The molecule has 0 saturated carbocycles. The maximum atomic E-state index is 9.39. The third-order valence-corrected chi connectivity index (χ3v) is 5.02. The first kappa shape index (κ1) is 16.9. The van der Waals surface area contributed by atoms with Crippen molar-refractivity contribution in [3.05, 3.63) is 36.5 Å². The van der Waals surface area contributed by atoms with Crippen molar-refractivity contribution >= 4 is 5.82 Å². The van der Waals surface area contributed by atoms with E-state index in [1.165, 1.54) is 0 Å². The van der Waals surface area contributed by atoms with Crippen LogP contribution in [0.15, 0.2) is 30.9 Å². The van der Waals surface area contributed by atoms with E-state index in [1.807, 2.05) is 23.1 Å². The normalized spacial score (nSPS) is 23.4. The summed E-state index contributed by atoms with van der Waals surface area (Å²) in [4.78, 5) is 13.4. The van der Waals surface area contributed by atoms with Gasteiger partial charge in [-0.25, -0.2) is 9.97 Å². The summed E-state index contributed by atoms with van der Waals surface area (Å²) in [5.74, 6) is 1.09. The van der Waals surface area contributed by atoms with Crippen molar-refractivity contribution in [1.29, 1.82) is 5.26 Å². The highest BCUT2D eigenvalue weighted by atomic mass is 16.5. The third-order valence-electron chi connectivity index (χ3n) is 5.02. The Labute approximate surface area is 153 Å². The van der Waals surface area contributed by atoms with Gasteiger partial charge in [-0.15, -0.1) is 0 Å². The van der Waals surface area contributed by atoms with Gasteiger partial charge in [0.2, 0.25) is 0 Å². The second-order valence-corrected chi connectivity index (χ2v) is 6.93. The fraction of sp³-hybridized carbons (Fsp3) is 0.556. The third kappa shape index (κ3) is 3.69. The molecule has 4 heterocycles. The zero-order chi connectivity index (χ0) is 17.8. The molecule has 0 aromatic carbocycles. The molecule has 8 nitrogen and oxygen atoms in total. The average molecular weight is 353 g/mol. The Bertz CT molecular complexity index is 757. The van der Waals surface area contributed by atoms with Crippen LogP contribution in [-0.2, 0) is 11.3 Å². The second kappa shape index (κ2) is 7.81. The molecule has 2 aliphatic heterocycles. The minimum Gasteiger partial charge on any atom is -0.379 e. The van der Waals surface area contributed by atoms with Gasteiger partial charge in [0.05, 0.1) is 19.3 Å². The summed E-state index contributed by atoms with van der Waals surface area (Å²) in [6, 6.07) is 4.32. The highest BCUT2D eigenvalue weighted by Gasteiger charge is 2.35. The molecule has 2 aliphatic rings. The Kier molecular flexibility index (Phi) is 5.09. The van der Waals surface area contributed by atoms with E-state index < -0.39 is 0 Å². The Hall–Kier alpha value is -2.50. The smallest absolute Gasteiger partial charge is 0.183 e. The number of aryl methyl sites for hydroxylation is 1. The maximum absolute atomic E-state index is 9.39. The van der Waals surface area contributed by atoms with Crippen LogP contribution in [0.25, 0.3) is 0 Å². The topological polar surface area (TPSA) is 83.1 Å². The zero-order valence-electron chi connectivity index (χ0n) is 14.7. The second-order valence-electron chi connectivity index (χ2n) is 6.93. The molecule has 0 aliphatic carbocycles. The van der Waals surface area contributed by atoms with Gasteiger partial charge in [0.25, 0.3) is 0 Å². The Morgan fingerprint density at radius 2 is 2.04 bits per heavy atom. The summed E-state index contributed by atoms with van der Waals surface area (Å²) < 4.78 is 7.86. The molecular formula is C18H23N7O. The van der Waals surface area contributed by atoms with Gasteiger partial charge in [0.15, 0.2) is 11.5 Å². The van der Waals surface area contributed by atoms with Crippen molar-refractivity contribution in [3.63, 3.8) is 0 Å². The predicted octanol–water partition coefficient (Wildman–Crippen LogP) is 0.772. The van der Waals surface area contributed by atoms with Crippen LogP contribution >= 0.6 is 0 Å². The highest BCUT2D eigenvalue weighted by Crippen LogP contribution is 2.26. The summed E-state index contributed by atoms with van der Waals surface area (Å²) in [7, 11) is 0. The number of fused-ring (bicyclic) bond motifs is 3. The van der Waals surface area contributed by atoms with Gasteiger partial charge in [-0.05, 0) is 19.0 Å². The average Bonchev–Trinajstić information content (AvgIpc) is 3.01.